The normalized spacial score (nSPS) is 14.2. The van der Waals surface area contributed by atoms with Crippen LogP contribution in [0.4, 0.5) is 24.5 Å². The van der Waals surface area contributed by atoms with Gasteiger partial charge in [-0.25, -0.2) is 0 Å². The number of fused-ring (bicyclic) bond motifs is 1. The van der Waals surface area contributed by atoms with Crippen LogP contribution < -0.4 is 20.7 Å². The monoisotopic (exact) mass is 659 g/mol. The van der Waals surface area contributed by atoms with Gasteiger partial charge >= 0.3 is 6.18 Å². The Labute approximate surface area is 265 Å². The van der Waals surface area contributed by atoms with E-state index in [9.17, 15) is 22.5 Å². The number of alkyl halides is 3. The minimum atomic E-state index is -4.41. The van der Waals surface area contributed by atoms with E-state index < -0.39 is 19.7 Å². The SMILES string of the molecule is CN(C)CC(=O)N1CCC(Nc2cccc3c(CC(F)(F)F)c(C#CCNc4ccc(P(C)(C)=O)cc4OCC#N)sc23)CC1. The summed E-state index contributed by atoms with van der Waals surface area (Å²) in [5, 5.41) is 16.7. The fourth-order valence-electron chi connectivity index (χ4n) is 5.11. The summed E-state index contributed by atoms with van der Waals surface area (Å²) >= 11 is 1.23. The van der Waals surface area contributed by atoms with Gasteiger partial charge in [0, 0.05) is 24.4 Å². The molecule has 1 aliphatic heterocycles. The summed E-state index contributed by atoms with van der Waals surface area (Å²) in [5.74, 6) is 6.33. The summed E-state index contributed by atoms with van der Waals surface area (Å²) in [5.41, 5.74) is 1.44. The molecule has 1 amide bonds. The van der Waals surface area contributed by atoms with Crippen LogP contribution in [0.1, 0.15) is 23.3 Å². The lowest BCUT2D eigenvalue weighted by molar-refractivity contribution is -0.132. The Balaban J connectivity index is 1.54. The highest BCUT2D eigenvalue weighted by atomic mass is 32.1. The van der Waals surface area contributed by atoms with Gasteiger partial charge in [0.1, 0.15) is 19.0 Å². The Kier molecular flexibility index (Phi) is 11.1. The number of benzene rings is 2. The van der Waals surface area contributed by atoms with Crippen molar-refractivity contribution in [2.45, 2.75) is 31.5 Å². The molecule has 0 bridgehead atoms. The molecule has 0 unspecified atom stereocenters. The number of likely N-dealkylation sites (tertiary alicyclic amines) is 1. The van der Waals surface area contributed by atoms with Gasteiger partial charge in [0.25, 0.3) is 0 Å². The molecule has 2 N–H and O–H groups in total. The molecule has 0 spiro atoms. The van der Waals surface area contributed by atoms with E-state index in [-0.39, 0.29) is 30.7 Å². The van der Waals surface area contributed by atoms with E-state index in [4.69, 9.17) is 10.00 Å². The average Bonchev–Trinajstić information content (AvgIpc) is 3.30. The molecule has 45 heavy (non-hydrogen) atoms. The second-order valence-electron chi connectivity index (χ2n) is 11.6. The summed E-state index contributed by atoms with van der Waals surface area (Å²) in [6, 6.07) is 12.4. The van der Waals surface area contributed by atoms with Crippen LogP contribution in [0.2, 0.25) is 0 Å². The number of halogens is 3. The molecule has 4 rings (SSSR count). The molecule has 1 fully saturated rings. The Bertz CT molecular complexity index is 1680. The van der Waals surface area contributed by atoms with Crippen LogP contribution >= 0.6 is 18.5 Å². The second-order valence-corrected chi connectivity index (χ2v) is 15.8. The first kappa shape index (κ1) is 34.2. The fraction of sp³-hybridized carbons (Fsp3) is 0.438. The minimum absolute atomic E-state index is 0.0870. The van der Waals surface area contributed by atoms with E-state index in [1.165, 1.54) is 11.3 Å². The van der Waals surface area contributed by atoms with Gasteiger partial charge in [-0.2, -0.15) is 18.4 Å². The molecule has 0 aliphatic carbocycles. The molecule has 2 heterocycles. The maximum Gasteiger partial charge on any atom is 0.393 e. The largest absolute Gasteiger partial charge is 0.477 e. The summed E-state index contributed by atoms with van der Waals surface area (Å²) in [6.07, 6.45) is -4.03. The third-order valence-electron chi connectivity index (χ3n) is 7.30. The van der Waals surface area contributed by atoms with Gasteiger partial charge in [-0.15, -0.1) is 11.3 Å². The minimum Gasteiger partial charge on any atom is -0.477 e. The molecule has 240 valence electrons. The Morgan fingerprint density at radius 2 is 1.91 bits per heavy atom. The van der Waals surface area contributed by atoms with E-state index in [0.717, 1.165) is 18.5 Å². The number of hydrogen-bond acceptors (Lipinski definition) is 8. The van der Waals surface area contributed by atoms with Crippen LogP contribution in [0.25, 0.3) is 10.1 Å². The van der Waals surface area contributed by atoms with Gasteiger partial charge in [-0.3, -0.25) is 4.79 Å². The Hall–Kier alpha value is -3.70. The van der Waals surface area contributed by atoms with E-state index in [1.807, 2.05) is 36.0 Å². The van der Waals surface area contributed by atoms with Crippen molar-refractivity contribution in [3.63, 3.8) is 0 Å². The zero-order valence-electron chi connectivity index (χ0n) is 25.8. The molecule has 2 aromatic carbocycles. The maximum absolute atomic E-state index is 13.7. The number of nitrogens with one attached hydrogen (secondary N) is 2. The van der Waals surface area contributed by atoms with E-state index in [1.54, 1.807) is 43.7 Å². The fourth-order valence-corrected chi connectivity index (χ4v) is 7.14. The summed E-state index contributed by atoms with van der Waals surface area (Å²) < 4.78 is 59.8. The van der Waals surface area contributed by atoms with E-state index >= 15 is 0 Å². The van der Waals surface area contributed by atoms with Crippen molar-refractivity contribution in [2.75, 3.05) is 70.8 Å². The van der Waals surface area contributed by atoms with E-state index in [0.29, 0.717) is 51.3 Å². The van der Waals surface area contributed by atoms with Gasteiger partial charge in [0.2, 0.25) is 5.91 Å². The van der Waals surface area contributed by atoms with Gasteiger partial charge < -0.3 is 29.7 Å². The molecular weight excluding hydrogens is 622 g/mol. The van der Waals surface area contributed by atoms with Gasteiger partial charge in [0.05, 0.1) is 40.5 Å². The molecule has 1 aliphatic rings. The zero-order valence-corrected chi connectivity index (χ0v) is 27.5. The van der Waals surface area contributed by atoms with Crippen LogP contribution in [-0.2, 0) is 15.8 Å². The van der Waals surface area contributed by atoms with Gasteiger partial charge in [-0.05, 0) is 75.5 Å². The molecule has 13 heteroatoms. The standard InChI is InChI=1S/C32H37F3N5O3PS/c1-39(2)21-30(41)40-16-12-22(13-17-40)38-27-8-5-7-24-25(20-32(33,34)35)29(45-31(24)27)9-6-15-37-26-11-10-23(44(3,4)42)19-28(26)43-18-14-36/h5,7-8,10-11,19,22,37-38H,12-13,15-18,20-21H2,1-4H3. The van der Waals surface area contributed by atoms with Crippen molar-refractivity contribution < 1.29 is 27.3 Å². The number of carbonyl (C=O) groups is 1. The van der Waals surface area contributed by atoms with Crippen LogP contribution in [0.3, 0.4) is 0 Å². The van der Waals surface area contributed by atoms with Crippen molar-refractivity contribution >= 4 is 51.2 Å². The number of amides is 1. The number of ether oxygens (including phenoxy) is 1. The third kappa shape index (κ3) is 9.40. The number of likely N-dealkylation sites (N-methyl/N-ethyl adjacent to an activating group) is 1. The highest BCUT2D eigenvalue weighted by Crippen LogP contribution is 2.40. The lowest BCUT2D eigenvalue weighted by atomic mass is 10.0. The summed E-state index contributed by atoms with van der Waals surface area (Å²) in [4.78, 5) is 16.5. The van der Waals surface area contributed by atoms with Crippen molar-refractivity contribution in [2.24, 2.45) is 0 Å². The summed E-state index contributed by atoms with van der Waals surface area (Å²) in [7, 11) is 1.15. The molecule has 1 saturated heterocycles. The molecule has 1 aromatic heterocycles. The first-order chi connectivity index (χ1) is 21.2. The number of piperidine rings is 1. The number of carbonyl (C=O) groups excluding carboxylic acids is 1. The quantitative estimate of drug-likeness (QED) is 0.217. The van der Waals surface area contributed by atoms with Gasteiger partial charge in [0.15, 0.2) is 6.61 Å². The third-order valence-corrected chi connectivity index (χ3v) is 10.0. The van der Waals surface area contributed by atoms with Crippen molar-refractivity contribution in [1.29, 1.82) is 5.26 Å². The number of anilines is 2. The van der Waals surface area contributed by atoms with Crippen molar-refractivity contribution in [1.82, 2.24) is 9.80 Å². The molecular formula is C32H37F3N5O3PS. The van der Waals surface area contributed by atoms with Crippen LogP contribution in [-0.4, -0.2) is 88.1 Å². The number of hydrogen-bond donors (Lipinski definition) is 2. The Morgan fingerprint density at radius 1 is 1.18 bits per heavy atom. The van der Waals surface area contributed by atoms with Crippen molar-refractivity contribution in [3.8, 4) is 23.7 Å². The van der Waals surface area contributed by atoms with Gasteiger partial charge in [-0.1, -0.05) is 24.0 Å². The predicted molar refractivity (Wildman–Crippen MR) is 175 cm³/mol. The van der Waals surface area contributed by atoms with Crippen LogP contribution in [0.5, 0.6) is 5.75 Å². The lowest BCUT2D eigenvalue weighted by Crippen LogP contribution is -2.45. The molecule has 8 nitrogen and oxygen atoms in total. The molecule has 0 atom stereocenters. The Morgan fingerprint density at radius 3 is 2.56 bits per heavy atom. The van der Waals surface area contributed by atoms with Crippen molar-refractivity contribution in [3.05, 3.63) is 46.8 Å². The number of rotatable bonds is 10. The molecule has 0 saturated carbocycles. The maximum atomic E-state index is 13.7. The topological polar surface area (TPSA) is 97.7 Å². The predicted octanol–water partition coefficient (Wildman–Crippen LogP) is 5.58. The lowest BCUT2D eigenvalue weighted by Gasteiger charge is -2.33. The summed E-state index contributed by atoms with van der Waals surface area (Å²) in [6.45, 7) is 4.78. The number of nitrogens with zero attached hydrogens (tertiary/aromatic N) is 3. The smallest absolute Gasteiger partial charge is 0.393 e. The van der Waals surface area contributed by atoms with E-state index in [2.05, 4.69) is 22.5 Å². The average molecular weight is 660 g/mol. The first-order valence-corrected chi connectivity index (χ1v) is 17.9. The molecule has 0 radical (unpaired) electrons. The van der Waals surface area contributed by atoms with Crippen LogP contribution in [0.15, 0.2) is 36.4 Å². The highest BCUT2D eigenvalue weighted by Gasteiger charge is 2.31. The number of nitriles is 1. The highest BCUT2D eigenvalue weighted by molar-refractivity contribution is 7.70. The number of thiophene rings is 1. The second kappa shape index (κ2) is 14.6. The molecule has 3 aromatic rings. The first-order valence-electron chi connectivity index (χ1n) is 14.5. The zero-order chi connectivity index (χ0) is 32.8. The van der Waals surface area contributed by atoms with Crippen LogP contribution in [0, 0.1) is 23.2 Å².